The lowest BCUT2D eigenvalue weighted by Gasteiger charge is -2.13. The van der Waals surface area contributed by atoms with Crippen molar-refractivity contribution in [2.45, 2.75) is 26.4 Å². The fourth-order valence-electron chi connectivity index (χ4n) is 1.92. The van der Waals surface area contributed by atoms with Crippen LogP contribution < -0.4 is 10.1 Å². The maximum Gasteiger partial charge on any atom is 0.137 e. The summed E-state index contributed by atoms with van der Waals surface area (Å²) in [5, 5.41) is 7.55. The molecule has 5 nitrogen and oxygen atoms in total. The van der Waals surface area contributed by atoms with Gasteiger partial charge in [-0.05, 0) is 37.1 Å². The van der Waals surface area contributed by atoms with Gasteiger partial charge in [-0.2, -0.15) is 5.10 Å². The first-order chi connectivity index (χ1) is 10.1. The van der Waals surface area contributed by atoms with E-state index in [4.69, 9.17) is 4.74 Å². The van der Waals surface area contributed by atoms with E-state index in [9.17, 15) is 0 Å². The Kier molecular flexibility index (Phi) is 5.51. The van der Waals surface area contributed by atoms with Crippen molar-refractivity contribution in [1.29, 1.82) is 0 Å². The number of hydrogen-bond donors (Lipinski definition) is 1. The van der Waals surface area contributed by atoms with Crippen LogP contribution in [-0.2, 0) is 6.54 Å². The molecule has 1 aromatic carbocycles. The van der Waals surface area contributed by atoms with E-state index in [0.29, 0.717) is 6.61 Å². The van der Waals surface area contributed by atoms with E-state index >= 15 is 0 Å². The Morgan fingerprint density at radius 2 is 2.33 bits per heavy atom. The van der Waals surface area contributed by atoms with Gasteiger partial charge in [0, 0.05) is 13.1 Å². The first kappa shape index (κ1) is 15.3. The summed E-state index contributed by atoms with van der Waals surface area (Å²) in [5.41, 5.74) is 2.21. The van der Waals surface area contributed by atoms with E-state index in [1.165, 1.54) is 5.56 Å². The quantitative estimate of drug-likeness (QED) is 0.758. The SMILES string of the molecule is C=C(C)COc1cccc(CNC[C@@H](C)n2cncn2)c1. The number of nitrogens with one attached hydrogen (secondary N) is 1. The molecule has 0 saturated heterocycles. The Labute approximate surface area is 125 Å². The van der Waals surface area contributed by atoms with Gasteiger partial charge in [0.25, 0.3) is 0 Å². The molecule has 21 heavy (non-hydrogen) atoms. The molecule has 0 aliphatic rings. The Hall–Kier alpha value is -2.14. The number of hydrogen-bond acceptors (Lipinski definition) is 4. The molecule has 0 fully saturated rings. The number of ether oxygens (including phenoxy) is 1. The zero-order valence-electron chi connectivity index (χ0n) is 12.6. The van der Waals surface area contributed by atoms with Crippen molar-refractivity contribution in [3.63, 3.8) is 0 Å². The van der Waals surface area contributed by atoms with Crippen molar-refractivity contribution in [1.82, 2.24) is 20.1 Å². The van der Waals surface area contributed by atoms with Crippen molar-refractivity contribution in [2.24, 2.45) is 0 Å². The topological polar surface area (TPSA) is 52.0 Å². The fourth-order valence-corrected chi connectivity index (χ4v) is 1.92. The zero-order valence-corrected chi connectivity index (χ0v) is 12.6. The van der Waals surface area contributed by atoms with Crippen LogP contribution in [0.2, 0.25) is 0 Å². The second-order valence-corrected chi connectivity index (χ2v) is 5.25. The van der Waals surface area contributed by atoms with E-state index in [0.717, 1.165) is 24.4 Å². The van der Waals surface area contributed by atoms with Crippen LogP contribution in [0.25, 0.3) is 0 Å². The highest BCUT2D eigenvalue weighted by Crippen LogP contribution is 2.14. The van der Waals surface area contributed by atoms with Gasteiger partial charge in [0.1, 0.15) is 25.0 Å². The Morgan fingerprint density at radius 3 is 3.05 bits per heavy atom. The second kappa shape index (κ2) is 7.59. The van der Waals surface area contributed by atoms with Crippen LogP contribution in [0, 0.1) is 0 Å². The van der Waals surface area contributed by atoms with Crippen LogP contribution in [0.15, 0.2) is 49.1 Å². The Bertz CT molecular complexity index is 565. The molecule has 0 aliphatic heterocycles. The summed E-state index contributed by atoms with van der Waals surface area (Å²) in [7, 11) is 0. The molecule has 0 bridgehead atoms. The summed E-state index contributed by atoms with van der Waals surface area (Å²) < 4.78 is 7.49. The molecule has 2 rings (SSSR count). The molecule has 2 aromatic rings. The van der Waals surface area contributed by atoms with Crippen LogP contribution in [-0.4, -0.2) is 27.9 Å². The maximum absolute atomic E-state index is 5.64. The third-order valence-electron chi connectivity index (χ3n) is 3.04. The molecular formula is C16H22N4O. The van der Waals surface area contributed by atoms with Gasteiger partial charge in [-0.3, -0.25) is 0 Å². The number of rotatable bonds is 8. The summed E-state index contributed by atoms with van der Waals surface area (Å²) in [5.74, 6) is 0.877. The molecule has 112 valence electrons. The third kappa shape index (κ3) is 5.04. The normalized spacial score (nSPS) is 12.1. The van der Waals surface area contributed by atoms with E-state index < -0.39 is 0 Å². The molecule has 0 saturated carbocycles. The molecule has 0 amide bonds. The molecule has 0 aliphatic carbocycles. The molecule has 1 atom stereocenters. The van der Waals surface area contributed by atoms with Gasteiger partial charge in [-0.25, -0.2) is 9.67 Å². The smallest absolute Gasteiger partial charge is 0.137 e. The third-order valence-corrected chi connectivity index (χ3v) is 3.04. The monoisotopic (exact) mass is 286 g/mol. The first-order valence-electron chi connectivity index (χ1n) is 7.06. The van der Waals surface area contributed by atoms with Gasteiger partial charge >= 0.3 is 0 Å². The van der Waals surface area contributed by atoms with Crippen LogP contribution in [0.5, 0.6) is 5.75 Å². The van der Waals surface area contributed by atoms with Crippen LogP contribution in [0.1, 0.15) is 25.5 Å². The van der Waals surface area contributed by atoms with E-state index in [2.05, 4.69) is 41.0 Å². The lowest BCUT2D eigenvalue weighted by atomic mass is 10.2. The van der Waals surface area contributed by atoms with E-state index in [-0.39, 0.29) is 6.04 Å². The van der Waals surface area contributed by atoms with Gasteiger partial charge in [0.15, 0.2) is 0 Å². The van der Waals surface area contributed by atoms with Gasteiger partial charge < -0.3 is 10.1 Å². The molecule has 0 radical (unpaired) electrons. The average molecular weight is 286 g/mol. The van der Waals surface area contributed by atoms with Gasteiger partial charge in [0.2, 0.25) is 0 Å². The summed E-state index contributed by atoms with van der Waals surface area (Å²) >= 11 is 0. The van der Waals surface area contributed by atoms with E-state index in [1.54, 1.807) is 12.7 Å². The lowest BCUT2D eigenvalue weighted by Crippen LogP contribution is -2.23. The van der Waals surface area contributed by atoms with Gasteiger partial charge in [-0.15, -0.1) is 0 Å². The molecule has 1 N–H and O–H groups in total. The lowest BCUT2D eigenvalue weighted by molar-refractivity contribution is 0.352. The highest BCUT2D eigenvalue weighted by atomic mass is 16.5. The maximum atomic E-state index is 5.64. The van der Waals surface area contributed by atoms with Crippen LogP contribution in [0.4, 0.5) is 0 Å². The standard InChI is InChI=1S/C16H22N4O/c1-13(2)10-21-16-6-4-5-15(7-16)9-17-8-14(3)20-12-18-11-19-20/h4-7,11-12,14,17H,1,8-10H2,2-3H3/t14-/m1/s1. The van der Waals surface area contributed by atoms with Crippen molar-refractivity contribution < 1.29 is 4.74 Å². The Morgan fingerprint density at radius 1 is 1.48 bits per heavy atom. The van der Waals surface area contributed by atoms with Crippen LogP contribution >= 0.6 is 0 Å². The Balaban J connectivity index is 1.80. The minimum Gasteiger partial charge on any atom is -0.489 e. The molecule has 0 unspecified atom stereocenters. The van der Waals surface area contributed by atoms with Crippen molar-refractivity contribution >= 4 is 0 Å². The molecule has 0 spiro atoms. The number of nitrogens with zero attached hydrogens (tertiary/aromatic N) is 3. The second-order valence-electron chi connectivity index (χ2n) is 5.25. The van der Waals surface area contributed by atoms with Gasteiger partial charge in [0.05, 0.1) is 6.04 Å². The predicted molar refractivity (Wildman–Crippen MR) is 83.2 cm³/mol. The van der Waals surface area contributed by atoms with Crippen molar-refractivity contribution in [3.05, 3.63) is 54.6 Å². The minimum atomic E-state index is 0.273. The molecule has 1 aromatic heterocycles. The summed E-state index contributed by atoms with van der Waals surface area (Å²) in [6.07, 6.45) is 3.29. The molecule has 1 heterocycles. The largest absolute Gasteiger partial charge is 0.489 e. The number of benzene rings is 1. The highest BCUT2D eigenvalue weighted by Gasteiger charge is 2.04. The van der Waals surface area contributed by atoms with Crippen molar-refractivity contribution in [2.75, 3.05) is 13.2 Å². The molecular weight excluding hydrogens is 264 g/mol. The predicted octanol–water partition coefficient (Wildman–Crippen LogP) is 2.58. The van der Waals surface area contributed by atoms with E-state index in [1.807, 2.05) is 23.7 Å². The minimum absolute atomic E-state index is 0.273. The summed E-state index contributed by atoms with van der Waals surface area (Å²) in [4.78, 5) is 3.96. The molecule has 5 heteroatoms. The van der Waals surface area contributed by atoms with Gasteiger partial charge in [-0.1, -0.05) is 18.7 Å². The van der Waals surface area contributed by atoms with Crippen molar-refractivity contribution in [3.8, 4) is 5.75 Å². The first-order valence-corrected chi connectivity index (χ1v) is 7.06. The number of aromatic nitrogens is 3. The highest BCUT2D eigenvalue weighted by molar-refractivity contribution is 5.28. The zero-order chi connectivity index (χ0) is 15.1. The van der Waals surface area contributed by atoms with Crippen LogP contribution in [0.3, 0.4) is 0 Å². The average Bonchev–Trinajstić information content (AvgIpc) is 3.00. The fraction of sp³-hybridized carbons (Fsp3) is 0.375. The summed E-state index contributed by atoms with van der Waals surface area (Å²) in [6.45, 7) is 10.1. The summed E-state index contributed by atoms with van der Waals surface area (Å²) in [6, 6.07) is 8.38.